The van der Waals surface area contributed by atoms with Crippen LogP contribution in [-0.4, -0.2) is 29.0 Å². The minimum atomic E-state index is -0.410. The quantitative estimate of drug-likeness (QED) is 0.437. The van der Waals surface area contributed by atoms with Crippen molar-refractivity contribution in [2.75, 3.05) is 12.4 Å². The first-order valence-electron chi connectivity index (χ1n) is 5.03. The summed E-state index contributed by atoms with van der Waals surface area (Å²) in [6, 6.07) is 1.51. The minimum absolute atomic E-state index is 0.233. The maximum atomic E-state index is 11.7. The molecule has 1 rings (SSSR count). The lowest BCUT2D eigenvalue weighted by Gasteiger charge is -2.09. The molecule has 0 fully saturated rings. The van der Waals surface area contributed by atoms with Crippen molar-refractivity contribution in [3.05, 3.63) is 24.0 Å². The van der Waals surface area contributed by atoms with Crippen LogP contribution in [0.5, 0.6) is 0 Å². The predicted octanol–water partition coefficient (Wildman–Crippen LogP) is -0.221. The number of pyridine rings is 1. The van der Waals surface area contributed by atoms with Crippen LogP contribution in [-0.2, 0) is 4.79 Å². The number of hydrazine groups is 1. The Hall–Kier alpha value is -2.22. The molecule has 0 aromatic carbocycles. The number of hydrogen-bond acceptors (Lipinski definition) is 4. The van der Waals surface area contributed by atoms with Crippen molar-refractivity contribution in [1.29, 1.82) is 0 Å². The maximum absolute atomic E-state index is 11.7. The Labute approximate surface area is 109 Å². The molecule has 0 spiro atoms. The molecule has 8 heteroatoms. The van der Waals surface area contributed by atoms with E-state index in [0.717, 1.165) is 0 Å². The summed E-state index contributed by atoms with van der Waals surface area (Å²) in [5, 5.41) is 5.46. The fourth-order valence-corrected chi connectivity index (χ4v) is 1.13. The standard InChI is InChI=1S/C10H13N5O2S/c1-6(16)13-8-3-7(4-12-5-8)9(17)14-15-10(18)11-2/h3-5H,1-2H3,(H,13,16)(H,14,17)(H2,11,15,18). The highest BCUT2D eigenvalue weighted by molar-refractivity contribution is 7.80. The molecule has 0 aliphatic rings. The van der Waals surface area contributed by atoms with Gasteiger partial charge in [0.05, 0.1) is 17.4 Å². The zero-order valence-electron chi connectivity index (χ0n) is 9.90. The third kappa shape index (κ3) is 4.34. The van der Waals surface area contributed by atoms with Crippen molar-refractivity contribution in [2.45, 2.75) is 6.92 Å². The molecule has 0 saturated heterocycles. The summed E-state index contributed by atoms with van der Waals surface area (Å²) in [6.45, 7) is 1.37. The van der Waals surface area contributed by atoms with Crippen molar-refractivity contribution in [3.8, 4) is 0 Å². The average Bonchev–Trinajstić information content (AvgIpc) is 2.35. The van der Waals surface area contributed by atoms with E-state index in [1.165, 1.54) is 25.4 Å². The number of aromatic nitrogens is 1. The second kappa shape index (κ2) is 6.50. The van der Waals surface area contributed by atoms with E-state index in [4.69, 9.17) is 12.2 Å². The van der Waals surface area contributed by atoms with Crippen LogP contribution < -0.4 is 21.5 Å². The summed E-state index contributed by atoms with van der Waals surface area (Å²) >= 11 is 4.80. The topological polar surface area (TPSA) is 95.2 Å². The fourth-order valence-electron chi connectivity index (χ4n) is 1.08. The molecule has 0 aliphatic heterocycles. The molecule has 0 unspecified atom stereocenters. The number of nitrogens with one attached hydrogen (secondary N) is 4. The SMILES string of the molecule is CNC(=S)NNC(=O)c1cncc(NC(C)=O)c1. The molecular weight excluding hydrogens is 254 g/mol. The second-order valence-corrected chi connectivity index (χ2v) is 3.71. The summed E-state index contributed by atoms with van der Waals surface area (Å²) in [4.78, 5) is 26.4. The van der Waals surface area contributed by atoms with Crippen molar-refractivity contribution in [1.82, 2.24) is 21.2 Å². The van der Waals surface area contributed by atoms with Crippen LogP contribution in [0, 0.1) is 0 Å². The number of rotatable bonds is 2. The molecule has 1 aromatic heterocycles. The van der Waals surface area contributed by atoms with Gasteiger partial charge < -0.3 is 10.6 Å². The largest absolute Gasteiger partial charge is 0.364 e. The number of anilines is 1. The van der Waals surface area contributed by atoms with Gasteiger partial charge in [-0.1, -0.05) is 0 Å². The van der Waals surface area contributed by atoms with E-state index in [-0.39, 0.29) is 11.0 Å². The zero-order chi connectivity index (χ0) is 13.5. The summed E-state index contributed by atoms with van der Waals surface area (Å²) in [6.07, 6.45) is 2.83. The highest BCUT2D eigenvalue weighted by atomic mass is 32.1. The van der Waals surface area contributed by atoms with Crippen LogP contribution in [0.25, 0.3) is 0 Å². The summed E-state index contributed by atoms with van der Waals surface area (Å²) in [7, 11) is 1.63. The van der Waals surface area contributed by atoms with Gasteiger partial charge in [0, 0.05) is 20.2 Å². The van der Waals surface area contributed by atoms with Crippen molar-refractivity contribution >= 4 is 34.8 Å². The van der Waals surface area contributed by atoms with Gasteiger partial charge in [-0.05, 0) is 18.3 Å². The van der Waals surface area contributed by atoms with E-state index in [9.17, 15) is 9.59 Å². The fraction of sp³-hybridized carbons (Fsp3) is 0.200. The van der Waals surface area contributed by atoms with Crippen molar-refractivity contribution < 1.29 is 9.59 Å². The number of thiocarbonyl (C=S) groups is 1. The Bertz CT molecular complexity index is 477. The molecular formula is C10H13N5O2S. The van der Waals surface area contributed by atoms with Gasteiger partial charge in [-0.3, -0.25) is 25.4 Å². The Morgan fingerprint density at radius 2 is 2.00 bits per heavy atom. The lowest BCUT2D eigenvalue weighted by molar-refractivity contribution is -0.114. The zero-order valence-corrected chi connectivity index (χ0v) is 10.7. The van der Waals surface area contributed by atoms with Crippen LogP contribution in [0.15, 0.2) is 18.5 Å². The van der Waals surface area contributed by atoms with Crippen LogP contribution in [0.2, 0.25) is 0 Å². The van der Waals surface area contributed by atoms with Crippen molar-refractivity contribution in [2.24, 2.45) is 0 Å². The molecule has 7 nitrogen and oxygen atoms in total. The summed E-state index contributed by atoms with van der Waals surface area (Å²) in [5.74, 6) is -0.642. The van der Waals surface area contributed by atoms with Gasteiger partial charge in [0.1, 0.15) is 0 Å². The van der Waals surface area contributed by atoms with E-state index in [1.807, 2.05) is 0 Å². The van der Waals surface area contributed by atoms with Gasteiger partial charge in [-0.2, -0.15) is 0 Å². The molecule has 96 valence electrons. The van der Waals surface area contributed by atoms with Gasteiger partial charge in [-0.15, -0.1) is 0 Å². The molecule has 0 saturated carbocycles. The predicted molar refractivity (Wildman–Crippen MR) is 70.8 cm³/mol. The summed E-state index contributed by atoms with van der Waals surface area (Å²) < 4.78 is 0. The van der Waals surface area contributed by atoms with Crippen LogP contribution in [0.1, 0.15) is 17.3 Å². The maximum Gasteiger partial charge on any atom is 0.271 e. The number of carbonyl (C=O) groups is 2. The molecule has 1 heterocycles. The van der Waals surface area contributed by atoms with Crippen LogP contribution in [0.4, 0.5) is 5.69 Å². The molecule has 4 N–H and O–H groups in total. The summed E-state index contributed by atoms with van der Waals surface area (Å²) in [5.41, 5.74) is 5.63. The van der Waals surface area contributed by atoms with Gasteiger partial charge >= 0.3 is 0 Å². The Balaban J connectivity index is 2.68. The molecule has 0 radical (unpaired) electrons. The van der Waals surface area contributed by atoms with Gasteiger partial charge in [0.15, 0.2) is 5.11 Å². The molecule has 0 bridgehead atoms. The lowest BCUT2D eigenvalue weighted by atomic mass is 10.2. The number of carbonyl (C=O) groups excluding carboxylic acids is 2. The first-order valence-corrected chi connectivity index (χ1v) is 5.44. The molecule has 0 atom stereocenters. The van der Waals surface area contributed by atoms with E-state index in [1.54, 1.807) is 7.05 Å². The van der Waals surface area contributed by atoms with E-state index in [0.29, 0.717) is 11.3 Å². The molecule has 2 amide bonds. The third-order valence-corrected chi connectivity index (χ3v) is 2.14. The van der Waals surface area contributed by atoms with E-state index < -0.39 is 5.91 Å². The number of hydrogen-bond donors (Lipinski definition) is 4. The second-order valence-electron chi connectivity index (χ2n) is 3.30. The van der Waals surface area contributed by atoms with Gasteiger partial charge in [0.25, 0.3) is 5.91 Å². The molecule has 18 heavy (non-hydrogen) atoms. The van der Waals surface area contributed by atoms with Gasteiger partial charge in [0.2, 0.25) is 5.91 Å². The van der Waals surface area contributed by atoms with E-state index >= 15 is 0 Å². The van der Waals surface area contributed by atoms with Crippen LogP contribution in [0.3, 0.4) is 0 Å². The van der Waals surface area contributed by atoms with E-state index in [2.05, 4.69) is 26.5 Å². The third-order valence-electron chi connectivity index (χ3n) is 1.84. The lowest BCUT2D eigenvalue weighted by Crippen LogP contribution is -2.45. The highest BCUT2D eigenvalue weighted by Gasteiger charge is 2.07. The average molecular weight is 267 g/mol. The van der Waals surface area contributed by atoms with Gasteiger partial charge in [-0.25, -0.2) is 0 Å². The van der Waals surface area contributed by atoms with Crippen molar-refractivity contribution in [3.63, 3.8) is 0 Å². The minimum Gasteiger partial charge on any atom is -0.364 e. The first-order chi connectivity index (χ1) is 8.52. The van der Waals surface area contributed by atoms with Crippen LogP contribution >= 0.6 is 12.2 Å². The number of nitrogens with zero attached hydrogens (tertiary/aromatic N) is 1. The first kappa shape index (κ1) is 13.8. The Morgan fingerprint density at radius 3 is 2.61 bits per heavy atom. The Kier molecular flexibility index (Phi) is 5.00. The molecule has 1 aromatic rings. The molecule has 0 aliphatic carbocycles. The monoisotopic (exact) mass is 267 g/mol. The normalized spacial score (nSPS) is 9.22. The highest BCUT2D eigenvalue weighted by Crippen LogP contribution is 2.07. The Morgan fingerprint density at radius 1 is 1.28 bits per heavy atom. The smallest absolute Gasteiger partial charge is 0.271 e. The number of amides is 2.